The van der Waals surface area contributed by atoms with Crippen molar-refractivity contribution in [3.8, 4) is 0 Å². The molecular formula is C19H17N3O3S. The molecule has 1 amide bonds. The topological polar surface area (TPSA) is 84.6 Å². The van der Waals surface area contributed by atoms with Crippen molar-refractivity contribution in [3.05, 3.63) is 73.6 Å². The fourth-order valence-corrected chi connectivity index (χ4v) is 3.79. The lowest BCUT2D eigenvalue weighted by atomic mass is 10.0. The number of benzene rings is 2. The number of nitrogens with one attached hydrogen (secondary N) is 1. The highest BCUT2D eigenvalue weighted by atomic mass is 32.1. The van der Waals surface area contributed by atoms with E-state index in [1.165, 1.54) is 29.0 Å². The molecule has 0 radical (unpaired) electrons. The Bertz CT molecular complexity index is 1030. The fraction of sp³-hybridized carbons (Fsp3) is 0.158. The van der Waals surface area contributed by atoms with E-state index in [-0.39, 0.29) is 11.6 Å². The zero-order valence-electron chi connectivity index (χ0n) is 14.6. The second-order valence-electron chi connectivity index (χ2n) is 6.10. The largest absolute Gasteiger partial charge is 0.281 e. The molecule has 2 aromatic carbocycles. The van der Waals surface area contributed by atoms with Crippen molar-refractivity contribution in [3.63, 3.8) is 0 Å². The van der Waals surface area contributed by atoms with Gasteiger partial charge in [-0.1, -0.05) is 17.7 Å². The van der Waals surface area contributed by atoms with Gasteiger partial charge in [0.25, 0.3) is 11.6 Å². The van der Waals surface area contributed by atoms with Gasteiger partial charge in [0.05, 0.1) is 16.0 Å². The average Bonchev–Trinajstić information content (AvgIpc) is 3.00. The van der Waals surface area contributed by atoms with Crippen LogP contribution in [0.2, 0.25) is 0 Å². The van der Waals surface area contributed by atoms with Gasteiger partial charge in [-0.25, -0.2) is 5.43 Å². The predicted molar refractivity (Wildman–Crippen MR) is 104 cm³/mol. The molecule has 0 aliphatic heterocycles. The molecule has 0 bridgehead atoms. The molecule has 0 aliphatic rings. The molecule has 3 aromatic rings. The number of nitro benzene ring substituents is 1. The first-order valence-electron chi connectivity index (χ1n) is 7.94. The Balaban J connectivity index is 1.78. The Morgan fingerprint density at radius 2 is 1.85 bits per heavy atom. The van der Waals surface area contributed by atoms with Crippen molar-refractivity contribution in [2.75, 3.05) is 0 Å². The standard InChI is InChI=1S/C19H17N3O3S/c1-11-6-12(2)16(13(3)7-11)10-20-21-19(23)18-9-14-8-15(22(24)25)4-5-17(14)26-18/h4-10H,1-3H3,(H,21,23)/b20-10-. The summed E-state index contributed by atoms with van der Waals surface area (Å²) in [7, 11) is 0. The van der Waals surface area contributed by atoms with Crippen LogP contribution < -0.4 is 5.43 Å². The van der Waals surface area contributed by atoms with Crippen LogP contribution in [0.4, 0.5) is 5.69 Å². The molecule has 26 heavy (non-hydrogen) atoms. The molecular weight excluding hydrogens is 350 g/mol. The molecule has 0 spiro atoms. The van der Waals surface area contributed by atoms with Gasteiger partial charge in [-0.05, 0) is 44.0 Å². The molecule has 7 heteroatoms. The molecule has 0 atom stereocenters. The lowest BCUT2D eigenvalue weighted by molar-refractivity contribution is -0.384. The van der Waals surface area contributed by atoms with Crippen LogP contribution in [0.25, 0.3) is 10.1 Å². The van der Waals surface area contributed by atoms with E-state index in [9.17, 15) is 14.9 Å². The summed E-state index contributed by atoms with van der Waals surface area (Å²) in [5.74, 6) is -0.340. The normalized spacial score (nSPS) is 11.2. The van der Waals surface area contributed by atoms with E-state index in [1.54, 1.807) is 18.3 Å². The number of hydrazone groups is 1. The number of nitro groups is 1. The van der Waals surface area contributed by atoms with Gasteiger partial charge < -0.3 is 0 Å². The molecule has 1 aromatic heterocycles. The number of fused-ring (bicyclic) bond motifs is 1. The van der Waals surface area contributed by atoms with Crippen LogP contribution in [0.3, 0.4) is 0 Å². The Labute approximate surface area is 154 Å². The molecule has 0 saturated heterocycles. The van der Waals surface area contributed by atoms with Crippen LogP contribution in [0.1, 0.15) is 31.9 Å². The second-order valence-corrected chi connectivity index (χ2v) is 7.19. The highest BCUT2D eigenvalue weighted by Crippen LogP contribution is 2.28. The summed E-state index contributed by atoms with van der Waals surface area (Å²) in [6.07, 6.45) is 1.64. The number of thiophene rings is 1. The number of aryl methyl sites for hydroxylation is 3. The van der Waals surface area contributed by atoms with E-state index in [1.807, 2.05) is 20.8 Å². The number of amides is 1. The highest BCUT2D eigenvalue weighted by molar-refractivity contribution is 7.20. The van der Waals surface area contributed by atoms with Crippen LogP contribution in [-0.4, -0.2) is 17.0 Å². The number of rotatable bonds is 4. The minimum Gasteiger partial charge on any atom is -0.266 e. The molecule has 6 nitrogen and oxygen atoms in total. The summed E-state index contributed by atoms with van der Waals surface area (Å²) in [6, 6.07) is 10.3. The summed E-state index contributed by atoms with van der Waals surface area (Å²) in [6.45, 7) is 6.04. The van der Waals surface area contributed by atoms with Crippen molar-refractivity contribution >= 4 is 39.2 Å². The maximum absolute atomic E-state index is 12.3. The van der Waals surface area contributed by atoms with Gasteiger partial charge in [0.2, 0.25) is 0 Å². The first-order chi connectivity index (χ1) is 12.3. The Kier molecular flexibility index (Phi) is 4.81. The van der Waals surface area contributed by atoms with Crippen LogP contribution in [0.5, 0.6) is 0 Å². The maximum atomic E-state index is 12.3. The van der Waals surface area contributed by atoms with E-state index in [0.29, 0.717) is 10.3 Å². The Morgan fingerprint density at radius 1 is 1.15 bits per heavy atom. The van der Waals surface area contributed by atoms with E-state index >= 15 is 0 Å². The molecule has 1 N–H and O–H groups in total. The number of carbonyl (C=O) groups is 1. The average molecular weight is 367 g/mol. The van der Waals surface area contributed by atoms with Gasteiger partial charge in [0.1, 0.15) is 0 Å². The number of hydrogen-bond acceptors (Lipinski definition) is 5. The highest BCUT2D eigenvalue weighted by Gasteiger charge is 2.13. The molecule has 3 rings (SSSR count). The molecule has 0 fully saturated rings. The van der Waals surface area contributed by atoms with Crippen molar-refractivity contribution < 1.29 is 9.72 Å². The van der Waals surface area contributed by atoms with E-state index in [0.717, 1.165) is 21.4 Å². The summed E-state index contributed by atoms with van der Waals surface area (Å²) in [4.78, 5) is 23.1. The Morgan fingerprint density at radius 3 is 2.50 bits per heavy atom. The zero-order valence-corrected chi connectivity index (χ0v) is 15.4. The van der Waals surface area contributed by atoms with Crippen molar-refractivity contribution in [2.45, 2.75) is 20.8 Å². The van der Waals surface area contributed by atoms with Gasteiger partial charge in [-0.15, -0.1) is 11.3 Å². The zero-order chi connectivity index (χ0) is 18.8. The third kappa shape index (κ3) is 3.62. The summed E-state index contributed by atoms with van der Waals surface area (Å²) in [5.41, 5.74) is 6.87. The van der Waals surface area contributed by atoms with Crippen LogP contribution in [-0.2, 0) is 0 Å². The van der Waals surface area contributed by atoms with E-state index in [2.05, 4.69) is 22.7 Å². The van der Waals surface area contributed by atoms with Gasteiger partial charge in [0.15, 0.2) is 0 Å². The fourth-order valence-electron chi connectivity index (χ4n) is 2.86. The first kappa shape index (κ1) is 17.8. The van der Waals surface area contributed by atoms with Gasteiger partial charge in [-0.3, -0.25) is 14.9 Å². The summed E-state index contributed by atoms with van der Waals surface area (Å²) < 4.78 is 0.815. The number of non-ortho nitro benzene ring substituents is 1. The maximum Gasteiger partial charge on any atom is 0.281 e. The summed E-state index contributed by atoms with van der Waals surface area (Å²) >= 11 is 1.27. The number of hydrogen-bond donors (Lipinski definition) is 1. The van der Waals surface area contributed by atoms with E-state index < -0.39 is 4.92 Å². The van der Waals surface area contributed by atoms with Crippen LogP contribution >= 0.6 is 11.3 Å². The number of carbonyl (C=O) groups excluding carboxylic acids is 1. The lowest BCUT2D eigenvalue weighted by Crippen LogP contribution is -2.16. The predicted octanol–water partition coefficient (Wildman–Crippen LogP) is 4.50. The van der Waals surface area contributed by atoms with Crippen LogP contribution in [0, 0.1) is 30.9 Å². The second kappa shape index (κ2) is 7.05. The van der Waals surface area contributed by atoms with Crippen molar-refractivity contribution in [1.29, 1.82) is 0 Å². The lowest BCUT2D eigenvalue weighted by Gasteiger charge is -2.06. The molecule has 0 unspecified atom stereocenters. The minimum atomic E-state index is -0.451. The van der Waals surface area contributed by atoms with Gasteiger partial charge in [-0.2, -0.15) is 5.10 Å². The van der Waals surface area contributed by atoms with Gasteiger partial charge >= 0.3 is 0 Å². The number of nitrogens with zero attached hydrogens (tertiary/aromatic N) is 2. The molecule has 0 aliphatic carbocycles. The molecule has 132 valence electrons. The monoisotopic (exact) mass is 367 g/mol. The van der Waals surface area contributed by atoms with Crippen LogP contribution in [0.15, 0.2) is 41.5 Å². The summed E-state index contributed by atoms with van der Waals surface area (Å²) in [5, 5.41) is 15.6. The Hall–Kier alpha value is -3.06. The molecule has 0 saturated carbocycles. The van der Waals surface area contributed by atoms with E-state index in [4.69, 9.17) is 0 Å². The third-order valence-electron chi connectivity index (χ3n) is 4.03. The minimum absolute atomic E-state index is 0.00519. The smallest absolute Gasteiger partial charge is 0.266 e. The first-order valence-corrected chi connectivity index (χ1v) is 8.76. The van der Waals surface area contributed by atoms with Crippen molar-refractivity contribution in [1.82, 2.24) is 5.43 Å². The van der Waals surface area contributed by atoms with Gasteiger partial charge in [0, 0.05) is 27.8 Å². The quantitative estimate of drug-likeness (QED) is 0.418. The molecule has 1 heterocycles. The SMILES string of the molecule is Cc1cc(C)c(/C=N\NC(=O)c2cc3cc([N+](=O)[O-])ccc3s2)c(C)c1. The van der Waals surface area contributed by atoms with Crippen molar-refractivity contribution in [2.24, 2.45) is 5.10 Å². The third-order valence-corrected chi connectivity index (χ3v) is 5.15.